The Hall–Kier alpha value is -3.38. The van der Waals surface area contributed by atoms with Crippen molar-refractivity contribution in [1.29, 1.82) is 0 Å². The van der Waals surface area contributed by atoms with Crippen LogP contribution in [0.15, 0.2) is 66.7 Å². The molecule has 2 aliphatic rings. The summed E-state index contributed by atoms with van der Waals surface area (Å²) in [6, 6.07) is 19.5. The molecule has 3 aromatic carbocycles. The molecule has 3 atom stereocenters. The van der Waals surface area contributed by atoms with Gasteiger partial charge in [0.1, 0.15) is 11.6 Å². The highest BCUT2D eigenvalue weighted by molar-refractivity contribution is 5.95. The zero-order valence-electron chi connectivity index (χ0n) is 17.8. The number of carbonyl (C=O) groups is 1. The zero-order valence-corrected chi connectivity index (χ0v) is 17.8. The minimum Gasteiger partial charge on any atom is -0.497 e. The van der Waals surface area contributed by atoms with Crippen LogP contribution in [0.25, 0.3) is 11.1 Å². The van der Waals surface area contributed by atoms with Crippen LogP contribution in [0.2, 0.25) is 0 Å². The summed E-state index contributed by atoms with van der Waals surface area (Å²) in [4.78, 5) is 15.2. The Balaban J connectivity index is 1.57. The van der Waals surface area contributed by atoms with Gasteiger partial charge in [-0.15, -0.1) is 0 Å². The molecule has 0 radical (unpaired) electrons. The number of anilines is 1. The van der Waals surface area contributed by atoms with Crippen LogP contribution < -0.4 is 10.1 Å². The standard InChI is InChI=1S/C26H25FN2O3/c1-32-20-7-3-4-16(13-20)17-8-9-23-22(14-17)25-21(24(15-30)28-23)10-11-29(25)26(31)18-5-2-6-19(27)12-18/h2-9,12-14,21,24-25,28,30H,10-11,15H2,1H3/t21-,24-,25-/m1/s1. The largest absolute Gasteiger partial charge is 0.497 e. The van der Waals surface area contributed by atoms with Gasteiger partial charge in [-0.25, -0.2) is 4.39 Å². The highest BCUT2D eigenvalue weighted by atomic mass is 19.1. The predicted molar refractivity (Wildman–Crippen MR) is 121 cm³/mol. The van der Waals surface area contributed by atoms with Gasteiger partial charge in [0.2, 0.25) is 0 Å². The molecule has 2 aliphatic heterocycles. The Labute approximate surface area is 186 Å². The van der Waals surface area contributed by atoms with E-state index < -0.39 is 5.82 Å². The third-order valence-electron chi connectivity index (χ3n) is 6.60. The van der Waals surface area contributed by atoms with E-state index in [4.69, 9.17) is 4.74 Å². The third kappa shape index (κ3) is 3.50. The van der Waals surface area contributed by atoms with E-state index in [0.717, 1.165) is 34.5 Å². The summed E-state index contributed by atoms with van der Waals surface area (Å²) in [5, 5.41) is 13.5. The number of benzene rings is 3. The highest BCUT2D eigenvalue weighted by Crippen LogP contribution is 2.47. The first-order valence-corrected chi connectivity index (χ1v) is 10.8. The van der Waals surface area contributed by atoms with Gasteiger partial charge in [0, 0.05) is 23.7 Å². The molecule has 0 bridgehead atoms. The first-order valence-electron chi connectivity index (χ1n) is 10.8. The summed E-state index contributed by atoms with van der Waals surface area (Å²) in [6.45, 7) is 0.548. The maximum Gasteiger partial charge on any atom is 0.254 e. The first kappa shape index (κ1) is 20.5. The van der Waals surface area contributed by atoms with Gasteiger partial charge in [-0.2, -0.15) is 0 Å². The molecule has 3 aromatic rings. The molecule has 0 aromatic heterocycles. The lowest BCUT2D eigenvalue weighted by Crippen LogP contribution is -2.42. The van der Waals surface area contributed by atoms with Crippen LogP contribution in [0.5, 0.6) is 5.75 Å². The Morgan fingerprint density at radius 1 is 1.12 bits per heavy atom. The van der Waals surface area contributed by atoms with Crippen molar-refractivity contribution in [2.24, 2.45) is 5.92 Å². The zero-order chi connectivity index (χ0) is 22.2. The van der Waals surface area contributed by atoms with Gasteiger partial charge < -0.3 is 20.1 Å². The number of fused-ring (bicyclic) bond motifs is 3. The van der Waals surface area contributed by atoms with Crippen molar-refractivity contribution in [2.45, 2.75) is 18.5 Å². The number of methoxy groups -OCH3 is 1. The Kier molecular flexibility index (Phi) is 5.31. The van der Waals surface area contributed by atoms with E-state index >= 15 is 0 Å². The molecule has 5 rings (SSSR count). The van der Waals surface area contributed by atoms with E-state index in [-0.39, 0.29) is 30.5 Å². The molecule has 2 N–H and O–H groups in total. The number of nitrogens with zero attached hydrogens (tertiary/aromatic N) is 1. The molecule has 32 heavy (non-hydrogen) atoms. The summed E-state index contributed by atoms with van der Waals surface area (Å²) >= 11 is 0. The SMILES string of the molecule is COc1cccc(-c2ccc3c(c2)[C@H]2[C@H](CCN2C(=O)c2cccc(F)c2)[C@@H](CO)N3)c1. The van der Waals surface area contributed by atoms with E-state index in [1.807, 2.05) is 41.3 Å². The molecule has 1 fully saturated rings. The molecule has 0 aliphatic carbocycles. The molecule has 0 unspecified atom stereocenters. The lowest BCUT2D eigenvalue weighted by atomic mass is 9.82. The van der Waals surface area contributed by atoms with Gasteiger partial charge in [0.05, 0.1) is 25.8 Å². The van der Waals surface area contributed by atoms with Gasteiger partial charge in [-0.1, -0.05) is 24.3 Å². The number of hydrogen-bond donors (Lipinski definition) is 2. The van der Waals surface area contributed by atoms with Crippen LogP contribution in [0.3, 0.4) is 0 Å². The van der Waals surface area contributed by atoms with Crippen LogP contribution >= 0.6 is 0 Å². The maximum atomic E-state index is 13.8. The fraction of sp³-hybridized carbons (Fsp3) is 0.269. The molecular weight excluding hydrogens is 407 g/mol. The van der Waals surface area contributed by atoms with Gasteiger partial charge in [0.25, 0.3) is 5.91 Å². The van der Waals surface area contributed by atoms with E-state index in [2.05, 4.69) is 11.4 Å². The van der Waals surface area contributed by atoms with Crippen LogP contribution in [-0.4, -0.2) is 42.2 Å². The number of rotatable bonds is 4. The van der Waals surface area contributed by atoms with E-state index in [1.165, 1.54) is 12.1 Å². The number of halogens is 1. The Morgan fingerprint density at radius 2 is 1.94 bits per heavy atom. The fourth-order valence-electron chi connectivity index (χ4n) is 5.06. The van der Waals surface area contributed by atoms with Crippen molar-refractivity contribution in [3.05, 3.63) is 83.7 Å². The molecule has 1 amide bonds. The first-order chi connectivity index (χ1) is 15.6. The fourth-order valence-corrected chi connectivity index (χ4v) is 5.06. The Bertz CT molecular complexity index is 1170. The lowest BCUT2D eigenvalue weighted by molar-refractivity contribution is 0.0700. The second-order valence-electron chi connectivity index (χ2n) is 8.37. The minimum atomic E-state index is -0.425. The van der Waals surface area contributed by atoms with Crippen LogP contribution in [0.4, 0.5) is 10.1 Å². The molecule has 2 heterocycles. The summed E-state index contributed by atoms with van der Waals surface area (Å²) in [5.41, 5.74) is 4.32. The lowest BCUT2D eigenvalue weighted by Gasteiger charge is -2.39. The van der Waals surface area contributed by atoms with Gasteiger partial charge in [0.15, 0.2) is 0 Å². The molecular formula is C26H25FN2O3. The van der Waals surface area contributed by atoms with E-state index in [9.17, 15) is 14.3 Å². The number of likely N-dealkylation sites (tertiary alicyclic amines) is 1. The summed E-state index contributed by atoms with van der Waals surface area (Å²) in [6.07, 6.45) is 0.771. The predicted octanol–water partition coefficient (Wildman–Crippen LogP) is 4.49. The smallest absolute Gasteiger partial charge is 0.254 e. The summed E-state index contributed by atoms with van der Waals surface area (Å²) in [5.74, 6) is 0.241. The number of carbonyl (C=O) groups excluding carboxylic acids is 1. The van der Waals surface area contributed by atoms with Crippen LogP contribution in [0, 0.1) is 11.7 Å². The van der Waals surface area contributed by atoms with E-state index in [1.54, 1.807) is 19.2 Å². The second-order valence-corrected chi connectivity index (χ2v) is 8.37. The van der Waals surface area contributed by atoms with E-state index in [0.29, 0.717) is 12.1 Å². The number of ether oxygens (including phenoxy) is 1. The number of aliphatic hydroxyl groups is 1. The molecule has 164 valence electrons. The van der Waals surface area contributed by atoms with Crippen molar-refractivity contribution < 1.29 is 19.0 Å². The number of nitrogens with one attached hydrogen (secondary N) is 1. The molecule has 0 saturated carbocycles. The highest BCUT2D eigenvalue weighted by Gasteiger charge is 2.45. The average molecular weight is 432 g/mol. The van der Waals surface area contributed by atoms with Crippen LogP contribution in [0.1, 0.15) is 28.4 Å². The van der Waals surface area contributed by atoms with Gasteiger partial charge in [-0.05, 0) is 65.6 Å². The molecule has 6 heteroatoms. The molecule has 0 spiro atoms. The normalized spacial score (nSPS) is 21.5. The van der Waals surface area contributed by atoms with Crippen molar-refractivity contribution >= 4 is 11.6 Å². The van der Waals surface area contributed by atoms with Crippen LogP contribution in [-0.2, 0) is 0 Å². The van der Waals surface area contributed by atoms with Crippen molar-refractivity contribution in [3.63, 3.8) is 0 Å². The monoisotopic (exact) mass is 432 g/mol. The summed E-state index contributed by atoms with van der Waals surface area (Å²) in [7, 11) is 1.64. The van der Waals surface area contributed by atoms with Gasteiger partial charge >= 0.3 is 0 Å². The number of hydrogen-bond acceptors (Lipinski definition) is 4. The second kappa shape index (κ2) is 8.28. The van der Waals surface area contributed by atoms with Gasteiger partial charge in [-0.3, -0.25) is 4.79 Å². The quantitative estimate of drug-likeness (QED) is 0.638. The molecule has 1 saturated heterocycles. The summed E-state index contributed by atoms with van der Waals surface area (Å²) < 4.78 is 19.2. The van der Waals surface area contributed by atoms with Crippen molar-refractivity contribution in [3.8, 4) is 16.9 Å². The topological polar surface area (TPSA) is 61.8 Å². The third-order valence-corrected chi connectivity index (χ3v) is 6.60. The van der Waals surface area contributed by atoms with Crippen molar-refractivity contribution in [1.82, 2.24) is 4.90 Å². The minimum absolute atomic E-state index is 0.0137. The number of amides is 1. The average Bonchev–Trinajstić information content (AvgIpc) is 3.28. The Morgan fingerprint density at radius 3 is 2.72 bits per heavy atom. The number of aliphatic hydroxyl groups excluding tert-OH is 1. The van der Waals surface area contributed by atoms with Crippen molar-refractivity contribution in [2.75, 3.05) is 25.6 Å². The molecule has 5 nitrogen and oxygen atoms in total. The maximum absolute atomic E-state index is 13.8.